The van der Waals surface area contributed by atoms with Gasteiger partial charge in [0, 0.05) is 32.2 Å². The van der Waals surface area contributed by atoms with Gasteiger partial charge in [0.2, 0.25) is 5.88 Å². The van der Waals surface area contributed by atoms with E-state index in [9.17, 15) is 9.50 Å². The number of halogens is 1. The summed E-state index contributed by atoms with van der Waals surface area (Å²) in [6.45, 7) is 4.20. The number of aliphatic hydroxyl groups is 1. The van der Waals surface area contributed by atoms with Crippen LogP contribution in [0.3, 0.4) is 0 Å². The summed E-state index contributed by atoms with van der Waals surface area (Å²) in [5.74, 6) is 1.60. The Bertz CT molecular complexity index is 984. The zero-order chi connectivity index (χ0) is 21.8. The van der Waals surface area contributed by atoms with E-state index in [0.717, 1.165) is 29.8 Å². The van der Waals surface area contributed by atoms with Gasteiger partial charge in [-0.3, -0.25) is 4.90 Å². The molecule has 1 saturated carbocycles. The van der Waals surface area contributed by atoms with Gasteiger partial charge >= 0.3 is 0 Å². The summed E-state index contributed by atoms with van der Waals surface area (Å²) in [6.07, 6.45) is 2.85. The number of nitrogens with zero attached hydrogens (tertiary/aromatic N) is 3. The van der Waals surface area contributed by atoms with Crippen molar-refractivity contribution < 1.29 is 14.2 Å². The molecule has 5 nitrogen and oxygen atoms in total. The molecule has 0 unspecified atom stereocenters. The molecule has 6 heteroatoms. The summed E-state index contributed by atoms with van der Waals surface area (Å²) in [7, 11) is 1.86. The quantitative estimate of drug-likeness (QED) is 0.499. The molecule has 3 aromatic rings. The number of hydrogen-bond acceptors (Lipinski definition) is 4. The topological polar surface area (TPSA) is 50.5 Å². The van der Waals surface area contributed by atoms with Crippen LogP contribution < -0.4 is 4.74 Å². The standard InChI is InChI=1S/C25H30FN3O2/c1-3-21(30)16-29(15-18-9-10-18)17-23-24(19-7-5-4-6-8-19)27-28(2)25(23)31-22-13-11-20(26)12-14-22/h4-8,11-14,18,21,30H,3,9-10,15-17H2,1-2H3/t21-/m0/s1. The summed E-state index contributed by atoms with van der Waals surface area (Å²) in [4.78, 5) is 2.31. The second-order valence-corrected chi connectivity index (χ2v) is 8.38. The van der Waals surface area contributed by atoms with Crippen LogP contribution in [0.4, 0.5) is 4.39 Å². The smallest absolute Gasteiger partial charge is 0.222 e. The Morgan fingerprint density at radius 3 is 2.52 bits per heavy atom. The number of aromatic nitrogens is 2. The van der Waals surface area contributed by atoms with Gasteiger partial charge in [0.25, 0.3) is 0 Å². The number of hydrogen-bond donors (Lipinski definition) is 1. The second kappa shape index (κ2) is 9.62. The van der Waals surface area contributed by atoms with Gasteiger partial charge in [-0.1, -0.05) is 37.3 Å². The molecule has 1 aliphatic rings. The van der Waals surface area contributed by atoms with Gasteiger partial charge in [0.1, 0.15) is 17.3 Å². The van der Waals surface area contributed by atoms with E-state index in [4.69, 9.17) is 9.84 Å². The van der Waals surface area contributed by atoms with Crippen LogP contribution in [0, 0.1) is 11.7 Å². The van der Waals surface area contributed by atoms with Gasteiger partial charge in [-0.2, -0.15) is 5.10 Å². The molecule has 4 rings (SSSR count). The van der Waals surface area contributed by atoms with E-state index in [1.54, 1.807) is 16.8 Å². The molecule has 1 atom stereocenters. The third-order valence-electron chi connectivity index (χ3n) is 5.70. The highest BCUT2D eigenvalue weighted by atomic mass is 19.1. The minimum absolute atomic E-state index is 0.299. The maximum atomic E-state index is 13.4. The first kappa shape index (κ1) is 21.5. The number of ether oxygens (including phenoxy) is 1. The van der Waals surface area contributed by atoms with E-state index >= 15 is 0 Å². The molecule has 0 spiro atoms. The molecule has 1 aromatic heterocycles. The van der Waals surface area contributed by atoms with E-state index < -0.39 is 0 Å². The number of aliphatic hydroxyl groups excluding tert-OH is 1. The summed E-state index contributed by atoms with van der Waals surface area (Å²) < 4.78 is 21.3. The Morgan fingerprint density at radius 1 is 1.16 bits per heavy atom. The average molecular weight is 424 g/mol. The summed E-state index contributed by atoms with van der Waals surface area (Å²) in [5, 5.41) is 15.1. The van der Waals surface area contributed by atoms with Gasteiger partial charge in [0.05, 0.1) is 11.7 Å². The van der Waals surface area contributed by atoms with Crippen LogP contribution in [0.15, 0.2) is 54.6 Å². The molecule has 1 N–H and O–H groups in total. The highest BCUT2D eigenvalue weighted by Gasteiger charge is 2.28. The van der Waals surface area contributed by atoms with Gasteiger partial charge in [-0.15, -0.1) is 0 Å². The van der Waals surface area contributed by atoms with E-state index in [1.165, 1.54) is 25.0 Å². The van der Waals surface area contributed by atoms with Gasteiger partial charge < -0.3 is 9.84 Å². The fourth-order valence-electron chi connectivity index (χ4n) is 3.78. The first-order chi connectivity index (χ1) is 15.0. The van der Waals surface area contributed by atoms with Crippen molar-refractivity contribution in [3.8, 4) is 22.9 Å². The SMILES string of the molecule is CC[C@H](O)CN(Cc1c(-c2ccccc2)nn(C)c1Oc1ccc(F)cc1)CC1CC1. The minimum atomic E-state index is -0.364. The third kappa shape index (κ3) is 5.51. The van der Waals surface area contributed by atoms with Gasteiger partial charge in [-0.05, 0) is 49.4 Å². The molecular formula is C25H30FN3O2. The fourth-order valence-corrected chi connectivity index (χ4v) is 3.78. The first-order valence-electron chi connectivity index (χ1n) is 11.0. The largest absolute Gasteiger partial charge is 0.439 e. The van der Waals surface area contributed by atoms with Crippen molar-refractivity contribution in [3.63, 3.8) is 0 Å². The van der Waals surface area contributed by atoms with Crippen molar-refractivity contribution in [3.05, 3.63) is 66.0 Å². The normalized spacial score (nSPS) is 14.7. The molecule has 1 aliphatic carbocycles. The lowest BCUT2D eigenvalue weighted by Gasteiger charge is -2.25. The van der Waals surface area contributed by atoms with Crippen molar-refractivity contribution in [1.29, 1.82) is 0 Å². The lowest BCUT2D eigenvalue weighted by atomic mass is 10.1. The molecule has 0 aliphatic heterocycles. The van der Waals surface area contributed by atoms with Crippen LogP contribution >= 0.6 is 0 Å². The van der Waals surface area contributed by atoms with Crippen LogP contribution in [0.1, 0.15) is 31.7 Å². The summed E-state index contributed by atoms with van der Waals surface area (Å²) >= 11 is 0. The first-order valence-corrected chi connectivity index (χ1v) is 11.0. The van der Waals surface area contributed by atoms with Crippen LogP contribution in [-0.4, -0.2) is 39.0 Å². The summed E-state index contributed by atoms with van der Waals surface area (Å²) in [6, 6.07) is 16.1. The number of rotatable bonds is 10. The van der Waals surface area contributed by atoms with Crippen molar-refractivity contribution in [1.82, 2.24) is 14.7 Å². The molecule has 0 bridgehead atoms. The maximum absolute atomic E-state index is 13.4. The molecule has 31 heavy (non-hydrogen) atoms. The van der Waals surface area contributed by atoms with Gasteiger partial charge in [-0.25, -0.2) is 9.07 Å². The average Bonchev–Trinajstić information content (AvgIpc) is 3.54. The van der Waals surface area contributed by atoms with Crippen LogP contribution in [-0.2, 0) is 13.6 Å². The Balaban J connectivity index is 1.70. The third-order valence-corrected chi connectivity index (χ3v) is 5.70. The second-order valence-electron chi connectivity index (χ2n) is 8.38. The Morgan fingerprint density at radius 2 is 1.87 bits per heavy atom. The van der Waals surface area contributed by atoms with Crippen LogP contribution in [0.5, 0.6) is 11.6 Å². The minimum Gasteiger partial charge on any atom is -0.439 e. The highest BCUT2D eigenvalue weighted by molar-refractivity contribution is 5.65. The lowest BCUT2D eigenvalue weighted by Crippen LogP contribution is -2.33. The predicted molar refractivity (Wildman–Crippen MR) is 119 cm³/mol. The van der Waals surface area contributed by atoms with Crippen LogP contribution in [0.2, 0.25) is 0 Å². The molecule has 2 aromatic carbocycles. The van der Waals surface area contributed by atoms with Gasteiger partial charge in [0.15, 0.2) is 0 Å². The van der Waals surface area contributed by atoms with E-state index in [0.29, 0.717) is 30.6 Å². The predicted octanol–water partition coefficient (Wildman–Crippen LogP) is 5.00. The molecule has 164 valence electrons. The van der Waals surface area contributed by atoms with Crippen molar-refractivity contribution in [2.75, 3.05) is 13.1 Å². The van der Waals surface area contributed by atoms with E-state index in [1.807, 2.05) is 44.3 Å². The molecule has 1 heterocycles. The maximum Gasteiger partial charge on any atom is 0.222 e. The summed E-state index contributed by atoms with van der Waals surface area (Å²) in [5.41, 5.74) is 2.86. The molecule has 0 saturated heterocycles. The van der Waals surface area contributed by atoms with Crippen molar-refractivity contribution in [2.45, 2.75) is 38.8 Å². The van der Waals surface area contributed by atoms with Crippen LogP contribution in [0.25, 0.3) is 11.3 Å². The number of benzene rings is 2. The van der Waals surface area contributed by atoms with Crippen molar-refractivity contribution in [2.24, 2.45) is 13.0 Å². The molecule has 1 fully saturated rings. The van der Waals surface area contributed by atoms with E-state index in [2.05, 4.69) is 4.90 Å². The monoisotopic (exact) mass is 423 g/mol. The number of aryl methyl sites for hydroxylation is 1. The Hall–Kier alpha value is -2.70. The zero-order valence-corrected chi connectivity index (χ0v) is 18.2. The van der Waals surface area contributed by atoms with E-state index in [-0.39, 0.29) is 11.9 Å². The molecule has 0 radical (unpaired) electrons. The van der Waals surface area contributed by atoms with Crippen molar-refractivity contribution >= 4 is 0 Å². The highest BCUT2D eigenvalue weighted by Crippen LogP contribution is 2.36. The fraction of sp³-hybridized carbons (Fsp3) is 0.400. The lowest BCUT2D eigenvalue weighted by molar-refractivity contribution is 0.102. The Labute approximate surface area is 183 Å². The zero-order valence-electron chi connectivity index (χ0n) is 18.2. The molecule has 0 amide bonds. The Kier molecular flexibility index (Phi) is 6.68. The molecular weight excluding hydrogens is 393 g/mol.